The monoisotopic (exact) mass is 278 g/mol. The van der Waals surface area contributed by atoms with Crippen LogP contribution in [0.4, 0.5) is 0 Å². The first kappa shape index (κ1) is 14.7. The van der Waals surface area contributed by atoms with Crippen molar-refractivity contribution in [2.24, 2.45) is 5.73 Å². The van der Waals surface area contributed by atoms with Gasteiger partial charge in [0.05, 0.1) is 20.6 Å². The molecule has 1 fully saturated rings. The van der Waals surface area contributed by atoms with Gasteiger partial charge in [0.15, 0.2) is 11.5 Å². The van der Waals surface area contributed by atoms with E-state index in [1.807, 2.05) is 23.1 Å². The van der Waals surface area contributed by atoms with Gasteiger partial charge >= 0.3 is 0 Å². The van der Waals surface area contributed by atoms with Crippen LogP contribution in [0.15, 0.2) is 18.2 Å². The van der Waals surface area contributed by atoms with E-state index in [9.17, 15) is 4.79 Å². The first-order valence-electron chi connectivity index (χ1n) is 6.88. The van der Waals surface area contributed by atoms with Gasteiger partial charge in [-0.15, -0.1) is 0 Å². The van der Waals surface area contributed by atoms with Gasteiger partial charge < -0.3 is 20.1 Å². The second-order valence-electron chi connectivity index (χ2n) is 5.11. The zero-order valence-electron chi connectivity index (χ0n) is 12.1. The Kier molecular flexibility index (Phi) is 4.84. The number of benzene rings is 1. The molecule has 2 N–H and O–H groups in total. The van der Waals surface area contributed by atoms with Crippen molar-refractivity contribution in [3.63, 3.8) is 0 Å². The number of rotatable bonds is 4. The van der Waals surface area contributed by atoms with Crippen molar-refractivity contribution < 1.29 is 14.3 Å². The summed E-state index contributed by atoms with van der Waals surface area (Å²) in [6.07, 6.45) is 2.35. The Hall–Kier alpha value is -1.75. The van der Waals surface area contributed by atoms with Gasteiger partial charge in [0, 0.05) is 19.1 Å². The summed E-state index contributed by atoms with van der Waals surface area (Å²) in [7, 11) is 3.19. The molecule has 20 heavy (non-hydrogen) atoms. The van der Waals surface area contributed by atoms with Crippen molar-refractivity contribution >= 4 is 5.91 Å². The van der Waals surface area contributed by atoms with Crippen LogP contribution in [0, 0.1) is 0 Å². The third kappa shape index (κ3) is 3.42. The Bertz CT molecular complexity index is 476. The summed E-state index contributed by atoms with van der Waals surface area (Å²) in [5.74, 6) is 1.43. The quantitative estimate of drug-likeness (QED) is 0.898. The largest absolute Gasteiger partial charge is 0.493 e. The fourth-order valence-corrected chi connectivity index (χ4v) is 2.51. The number of nitrogens with zero attached hydrogens (tertiary/aromatic N) is 1. The van der Waals surface area contributed by atoms with Crippen molar-refractivity contribution in [2.75, 3.05) is 27.3 Å². The Balaban J connectivity index is 2.03. The first-order valence-corrected chi connectivity index (χ1v) is 6.88. The van der Waals surface area contributed by atoms with Crippen molar-refractivity contribution in [1.82, 2.24) is 4.90 Å². The molecule has 2 rings (SSSR count). The highest BCUT2D eigenvalue weighted by Crippen LogP contribution is 2.28. The lowest BCUT2D eigenvalue weighted by Gasteiger charge is -2.30. The summed E-state index contributed by atoms with van der Waals surface area (Å²) >= 11 is 0. The van der Waals surface area contributed by atoms with E-state index in [1.54, 1.807) is 14.2 Å². The number of ether oxygens (including phenoxy) is 2. The molecule has 1 atom stereocenters. The average Bonchev–Trinajstić information content (AvgIpc) is 2.47. The fraction of sp³-hybridized carbons (Fsp3) is 0.533. The Morgan fingerprint density at radius 1 is 1.35 bits per heavy atom. The Labute approximate surface area is 119 Å². The summed E-state index contributed by atoms with van der Waals surface area (Å²) in [5, 5.41) is 0. The predicted molar refractivity (Wildman–Crippen MR) is 77.0 cm³/mol. The topological polar surface area (TPSA) is 64.8 Å². The van der Waals surface area contributed by atoms with E-state index in [-0.39, 0.29) is 11.9 Å². The molecule has 0 aromatic heterocycles. The molecule has 1 saturated heterocycles. The molecule has 5 nitrogen and oxygen atoms in total. The molecule has 1 amide bonds. The SMILES string of the molecule is COc1ccc(CC(=O)N2CCCC(N)C2)cc1OC. The zero-order valence-corrected chi connectivity index (χ0v) is 12.1. The number of hydrogen-bond acceptors (Lipinski definition) is 4. The summed E-state index contributed by atoms with van der Waals surface area (Å²) in [4.78, 5) is 14.1. The van der Waals surface area contributed by atoms with E-state index >= 15 is 0 Å². The number of carbonyl (C=O) groups excluding carboxylic acids is 1. The minimum atomic E-state index is 0.109. The van der Waals surface area contributed by atoms with E-state index < -0.39 is 0 Å². The molecular formula is C15H22N2O3. The number of nitrogens with two attached hydrogens (primary N) is 1. The number of carbonyl (C=O) groups is 1. The van der Waals surface area contributed by atoms with Crippen molar-refractivity contribution in [3.05, 3.63) is 23.8 Å². The maximum Gasteiger partial charge on any atom is 0.227 e. The molecule has 0 aliphatic carbocycles. The maximum absolute atomic E-state index is 12.3. The van der Waals surface area contributed by atoms with Crippen LogP contribution >= 0.6 is 0 Å². The van der Waals surface area contributed by atoms with Crippen LogP contribution in [0.1, 0.15) is 18.4 Å². The smallest absolute Gasteiger partial charge is 0.227 e. The van der Waals surface area contributed by atoms with E-state index in [0.717, 1.165) is 24.9 Å². The lowest BCUT2D eigenvalue weighted by Crippen LogP contribution is -2.46. The highest BCUT2D eigenvalue weighted by Gasteiger charge is 2.21. The molecular weight excluding hydrogens is 256 g/mol. The number of piperidine rings is 1. The number of likely N-dealkylation sites (tertiary alicyclic amines) is 1. The molecule has 1 aromatic carbocycles. The number of amides is 1. The van der Waals surface area contributed by atoms with Crippen LogP contribution in [0.3, 0.4) is 0 Å². The molecule has 0 spiro atoms. The van der Waals surface area contributed by atoms with Crippen molar-refractivity contribution in [1.29, 1.82) is 0 Å². The molecule has 0 bridgehead atoms. The molecule has 110 valence electrons. The maximum atomic E-state index is 12.3. The zero-order chi connectivity index (χ0) is 14.5. The lowest BCUT2D eigenvalue weighted by atomic mass is 10.0. The highest BCUT2D eigenvalue weighted by molar-refractivity contribution is 5.79. The summed E-state index contributed by atoms with van der Waals surface area (Å²) < 4.78 is 10.4. The molecule has 0 saturated carbocycles. The van der Waals surface area contributed by atoms with E-state index in [1.165, 1.54) is 0 Å². The van der Waals surface area contributed by atoms with E-state index in [0.29, 0.717) is 24.5 Å². The van der Waals surface area contributed by atoms with Gasteiger partial charge in [-0.2, -0.15) is 0 Å². The van der Waals surface area contributed by atoms with Crippen LogP contribution in [0.2, 0.25) is 0 Å². The molecule has 1 aliphatic heterocycles. The van der Waals surface area contributed by atoms with Gasteiger partial charge in [-0.25, -0.2) is 0 Å². The summed E-state index contributed by atoms with van der Waals surface area (Å²) in [6, 6.07) is 5.67. The van der Waals surface area contributed by atoms with Gasteiger partial charge in [0.1, 0.15) is 0 Å². The second kappa shape index (κ2) is 6.61. The van der Waals surface area contributed by atoms with Crippen LogP contribution in [-0.4, -0.2) is 44.2 Å². The number of methoxy groups -OCH3 is 2. The van der Waals surface area contributed by atoms with E-state index in [2.05, 4.69) is 0 Å². The van der Waals surface area contributed by atoms with Crippen LogP contribution in [-0.2, 0) is 11.2 Å². The van der Waals surface area contributed by atoms with Gasteiger partial charge in [0.2, 0.25) is 5.91 Å². The Morgan fingerprint density at radius 2 is 2.10 bits per heavy atom. The third-order valence-electron chi connectivity index (χ3n) is 3.61. The van der Waals surface area contributed by atoms with Crippen molar-refractivity contribution in [3.8, 4) is 11.5 Å². The molecule has 1 aromatic rings. The van der Waals surface area contributed by atoms with Crippen LogP contribution < -0.4 is 15.2 Å². The van der Waals surface area contributed by atoms with Crippen LogP contribution in [0.5, 0.6) is 11.5 Å². The van der Waals surface area contributed by atoms with Crippen LogP contribution in [0.25, 0.3) is 0 Å². The number of hydrogen-bond donors (Lipinski definition) is 1. The normalized spacial score (nSPS) is 18.8. The first-order chi connectivity index (χ1) is 9.63. The third-order valence-corrected chi connectivity index (χ3v) is 3.61. The predicted octanol–water partition coefficient (Wildman–Crippen LogP) is 1.20. The molecule has 0 radical (unpaired) electrons. The van der Waals surface area contributed by atoms with Crippen molar-refractivity contribution in [2.45, 2.75) is 25.3 Å². The molecule has 1 aliphatic rings. The van der Waals surface area contributed by atoms with Gasteiger partial charge in [0.25, 0.3) is 0 Å². The minimum absolute atomic E-state index is 0.109. The Morgan fingerprint density at radius 3 is 2.75 bits per heavy atom. The molecule has 1 heterocycles. The standard InChI is InChI=1S/C15H22N2O3/c1-19-13-6-5-11(8-14(13)20-2)9-15(18)17-7-3-4-12(16)10-17/h5-6,8,12H,3-4,7,9-10,16H2,1-2H3. The van der Waals surface area contributed by atoms with Gasteiger partial charge in [-0.05, 0) is 30.5 Å². The summed E-state index contributed by atoms with van der Waals surface area (Å²) in [5.41, 5.74) is 6.83. The molecule has 5 heteroatoms. The highest BCUT2D eigenvalue weighted by atomic mass is 16.5. The lowest BCUT2D eigenvalue weighted by molar-refractivity contribution is -0.131. The average molecular weight is 278 g/mol. The summed E-state index contributed by atoms with van der Waals surface area (Å²) in [6.45, 7) is 1.46. The van der Waals surface area contributed by atoms with Gasteiger partial charge in [-0.3, -0.25) is 4.79 Å². The van der Waals surface area contributed by atoms with Gasteiger partial charge in [-0.1, -0.05) is 6.07 Å². The minimum Gasteiger partial charge on any atom is -0.493 e. The fourth-order valence-electron chi connectivity index (χ4n) is 2.51. The second-order valence-corrected chi connectivity index (χ2v) is 5.11. The van der Waals surface area contributed by atoms with E-state index in [4.69, 9.17) is 15.2 Å². The molecule has 1 unspecified atom stereocenters.